The Morgan fingerprint density at radius 1 is 1.45 bits per heavy atom. The fraction of sp³-hybridized carbons (Fsp3) is 0.250. The van der Waals surface area contributed by atoms with Crippen LogP contribution >= 0.6 is 54.5 Å². The van der Waals surface area contributed by atoms with Gasteiger partial charge in [-0.2, -0.15) is 0 Å². The van der Waals surface area contributed by atoms with Gasteiger partial charge >= 0.3 is 0 Å². The molecule has 0 saturated heterocycles. The van der Waals surface area contributed by atoms with Crippen LogP contribution in [0.5, 0.6) is 0 Å². The maximum atomic E-state index is 3.50. The van der Waals surface area contributed by atoms with Crippen LogP contribution in [-0.4, -0.2) is 0 Å². The SMILES string of the molecule is Cc1c(Br)ccc(I)c1CBr. The van der Waals surface area contributed by atoms with Gasteiger partial charge in [0.25, 0.3) is 0 Å². The quantitative estimate of drug-likeness (QED) is 0.497. The summed E-state index contributed by atoms with van der Waals surface area (Å²) in [6, 6.07) is 4.21. The standard InChI is InChI=1S/C8H7Br2I/c1-5-6(4-9)8(11)3-2-7(5)10/h2-3H,4H2,1H3. The largest absolute Gasteiger partial charge is 0.0876 e. The lowest BCUT2D eigenvalue weighted by Gasteiger charge is -2.06. The van der Waals surface area contributed by atoms with Crippen molar-refractivity contribution < 1.29 is 0 Å². The van der Waals surface area contributed by atoms with Gasteiger partial charge < -0.3 is 0 Å². The zero-order valence-electron chi connectivity index (χ0n) is 6.00. The summed E-state index contributed by atoms with van der Waals surface area (Å²) in [5.41, 5.74) is 2.70. The predicted octanol–water partition coefficient (Wildman–Crippen LogP) is 4.26. The van der Waals surface area contributed by atoms with Crippen LogP contribution in [0.3, 0.4) is 0 Å². The average molecular weight is 390 g/mol. The average Bonchev–Trinajstić information content (AvgIpc) is 1.99. The van der Waals surface area contributed by atoms with Crippen molar-refractivity contribution in [1.29, 1.82) is 0 Å². The van der Waals surface area contributed by atoms with Crippen LogP contribution in [0.4, 0.5) is 0 Å². The summed E-state index contributed by atoms with van der Waals surface area (Å²) in [5, 5.41) is 0.927. The second-order valence-corrected chi connectivity index (χ2v) is 4.84. The number of benzene rings is 1. The fourth-order valence-corrected chi connectivity index (χ4v) is 3.25. The molecule has 0 spiro atoms. The molecule has 0 atom stereocenters. The van der Waals surface area contributed by atoms with E-state index in [1.54, 1.807) is 0 Å². The Morgan fingerprint density at radius 2 is 2.09 bits per heavy atom. The third-order valence-electron chi connectivity index (χ3n) is 1.61. The van der Waals surface area contributed by atoms with Crippen LogP contribution in [-0.2, 0) is 5.33 Å². The van der Waals surface area contributed by atoms with Crippen molar-refractivity contribution in [2.45, 2.75) is 12.3 Å². The molecule has 0 aromatic heterocycles. The van der Waals surface area contributed by atoms with Crippen LogP contribution in [0.25, 0.3) is 0 Å². The molecule has 0 saturated carbocycles. The molecular weight excluding hydrogens is 383 g/mol. The van der Waals surface area contributed by atoms with Crippen molar-refractivity contribution in [2.75, 3.05) is 0 Å². The van der Waals surface area contributed by atoms with Crippen LogP contribution in [0.2, 0.25) is 0 Å². The molecule has 0 unspecified atom stereocenters. The Labute approximate surface area is 97.2 Å². The Balaban J connectivity index is 3.29. The minimum absolute atomic E-state index is 0.927. The van der Waals surface area contributed by atoms with Crippen LogP contribution in [0, 0.1) is 10.5 Å². The summed E-state index contributed by atoms with van der Waals surface area (Å²) in [4.78, 5) is 0. The summed E-state index contributed by atoms with van der Waals surface area (Å²) in [7, 11) is 0. The molecule has 1 aromatic carbocycles. The van der Waals surface area contributed by atoms with E-state index in [1.165, 1.54) is 19.2 Å². The molecule has 3 heteroatoms. The summed E-state index contributed by atoms with van der Waals surface area (Å²) in [6.07, 6.45) is 0. The van der Waals surface area contributed by atoms with Crippen molar-refractivity contribution in [3.05, 3.63) is 31.3 Å². The van der Waals surface area contributed by atoms with E-state index in [1.807, 2.05) is 0 Å². The van der Waals surface area contributed by atoms with Crippen LogP contribution in [0.15, 0.2) is 16.6 Å². The van der Waals surface area contributed by atoms with Gasteiger partial charge in [0.2, 0.25) is 0 Å². The Kier molecular flexibility index (Phi) is 3.85. The van der Waals surface area contributed by atoms with Gasteiger partial charge in [-0.05, 0) is 52.8 Å². The lowest BCUT2D eigenvalue weighted by Crippen LogP contribution is -1.89. The van der Waals surface area contributed by atoms with E-state index in [0.29, 0.717) is 0 Å². The number of alkyl halides is 1. The highest BCUT2D eigenvalue weighted by molar-refractivity contribution is 14.1. The highest BCUT2D eigenvalue weighted by atomic mass is 127. The Hall–Kier alpha value is 0.910. The molecular formula is C8H7Br2I. The first-order valence-electron chi connectivity index (χ1n) is 3.16. The van der Waals surface area contributed by atoms with Crippen LogP contribution < -0.4 is 0 Å². The van der Waals surface area contributed by atoms with E-state index in [2.05, 4.69) is 73.5 Å². The summed E-state index contributed by atoms with van der Waals surface area (Å²) in [5.74, 6) is 0. The van der Waals surface area contributed by atoms with E-state index in [4.69, 9.17) is 0 Å². The van der Waals surface area contributed by atoms with Gasteiger partial charge in [0.15, 0.2) is 0 Å². The van der Waals surface area contributed by atoms with E-state index in [9.17, 15) is 0 Å². The minimum atomic E-state index is 0.927. The highest BCUT2D eigenvalue weighted by Crippen LogP contribution is 2.25. The molecule has 1 aromatic rings. The van der Waals surface area contributed by atoms with E-state index < -0.39 is 0 Å². The molecule has 0 nitrogen and oxygen atoms in total. The lowest BCUT2D eigenvalue weighted by atomic mass is 10.1. The molecule has 0 heterocycles. The second kappa shape index (κ2) is 4.23. The van der Waals surface area contributed by atoms with Gasteiger partial charge in [0, 0.05) is 13.4 Å². The van der Waals surface area contributed by atoms with E-state index >= 15 is 0 Å². The second-order valence-electron chi connectivity index (χ2n) is 2.27. The Bertz CT molecular complexity index is 271. The smallest absolute Gasteiger partial charge is 0.0296 e. The van der Waals surface area contributed by atoms with Gasteiger partial charge in [0.1, 0.15) is 0 Å². The number of halogens is 3. The molecule has 0 aliphatic rings. The molecule has 11 heavy (non-hydrogen) atoms. The molecule has 60 valence electrons. The van der Waals surface area contributed by atoms with Gasteiger partial charge in [-0.1, -0.05) is 31.9 Å². The fourth-order valence-electron chi connectivity index (χ4n) is 0.859. The molecule has 0 fully saturated rings. The summed E-state index contributed by atoms with van der Waals surface area (Å²) in [6.45, 7) is 2.13. The molecule has 0 aliphatic carbocycles. The first kappa shape index (κ1) is 9.99. The highest BCUT2D eigenvalue weighted by Gasteiger charge is 2.04. The lowest BCUT2D eigenvalue weighted by molar-refractivity contribution is 1.27. The van der Waals surface area contributed by atoms with Crippen molar-refractivity contribution in [2.24, 2.45) is 0 Å². The topological polar surface area (TPSA) is 0 Å². The van der Waals surface area contributed by atoms with Crippen molar-refractivity contribution in [3.8, 4) is 0 Å². The Morgan fingerprint density at radius 3 is 2.55 bits per heavy atom. The zero-order chi connectivity index (χ0) is 8.43. The summed E-state index contributed by atoms with van der Waals surface area (Å²) >= 11 is 9.32. The zero-order valence-corrected chi connectivity index (χ0v) is 11.3. The first-order chi connectivity index (χ1) is 5.16. The van der Waals surface area contributed by atoms with Gasteiger partial charge in [-0.25, -0.2) is 0 Å². The van der Waals surface area contributed by atoms with Gasteiger partial charge in [-0.3, -0.25) is 0 Å². The molecule has 0 N–H and O–H groups in total. The van der Waals surface area contributed by atoms with Gasteiger partial charge in [0.05, 0.1) is 0 Å². The first-order valence-corrected chi connectivity index (χ1v) is 6.15. The number of hydrogen-bond acceptors (Lipinski definition) is 0. The molecule has 0 bridgehead atoms. The number of hydrogen-bond donors (Lipinski definition) is 0. The maximum Gasteiger partial charge on any atom is 0.0296 e. The third kappa shape index (κ3) is 2.18. The van der Waals surface area contributed by atoms with Crippen molar-refractivity contribution >= 4 is 54.5 Å². The van der Waals surface area contributed by atoms with Crippen molar-refractivity contribution in [1.82, 2.24) is 0 Å². The third-order valence-corrected chi connectivity index (χ3v) is 4.04. The predicted molar refractivity (Wildman–Crippen MR) is 64.2 cm³/mol. The monoisotopic (exact) mass is 388 g/mol. The van der Waals surface area contributed by atoms with Gasteiger partial charge in [-0.15, -0.1) is 0 Å². The van der Waals surface area contributed by atoms with E-state index in [0.717, 1.165) is 5.33 Å². The van der Waals surface area contributed by atoms with Crippen molar-refractivity contribution in [3.63, 3.8) is 0 Å². The minimum Gasteiger partial charge on any atom is -0.0876 e. The maximum absolute atomic E-state index is 3.50. The van der Waals surface area contributed by atoms with Crippen LogP contribution in [0.1, 0.15) is 11.1 Å². The molecule has 0 aliphatic heterocycles. The molecule has 0 radical (unpaired) electrons. The summed E-state index contributed by atoms with van der Waals surface area (Å²) < 4.78 is 2.51. The normalized spacial score (nSPS) is 10.2. The molecule has 1 rings (SSSR count). The van der Waals surface area contributed by atoms with E-state index in [-0.39, 0.29) is 0 Å². The number of rotatable bonds is 1. The molecule has 0 amide bonds.